The minimum Gasteiger partial charge on any atom is -0.368 e. The number of nitrogens with one attached hydrogen (secondary N) is 1. The average Bonchev–Trinajstić information content (AvgIpc) is 2.27. The van der Waals surface area contributed by atoms with Crippen LogP contribution in [-0.2, 0) is 4.79 Å². The van der Waals surface area contributed by atoms with Crippen molar-refractivity contribution >= 4 is 21.8 Å². The number of rotatable bonds is 4. The van der Waals surface area contributed by atoms with E-state index in [1.54, 1.807) is 0 Å². The van der Waals surface area contributed by atoms with Crippen molar-refractivity contribution in [2.24, 2.45) is 11.1 Å². The van der Waals surface area contributed by atoms with Crippen LogP contribution in [0.5, 0.6) is 0 Å². The Kier molecular flexibility index (Phi) is 3.78. The van der Waals surface area contributed by atoms with Gasteiger partial charge < -0.3 is 5.73 Å². The smallest absolute Gasteiger partial charge is 0.239 e. The molecule has 1 aromatic carbocycles. The molecule has 3 N–H and O–H groups in total. The number of nitrogens with two attached hydrogens (primary N) is 1. The van der Waals surface area contributed by atoms with Crippen molar-refractivity contribution in [3.8, 4) is 0 Å². The number of halogens is 1. The van der Waals surface area contributed by atoms with Gasteiger partial charge in [0, 0.05) is 10.5 Å². The highest BCUT2D eigenvalue weighted by atomic mass is 79.9. The summed E-state index contributed by atoms with van der Waals surface area (Å²) in [6, 6.07) is 7.67. The molecule has 0 aromatic heterocycles. The van der Waals surface area contributed by atoms with Gasteiger partial charge >= 0.3 is 0 Å². The summed E-state index contributed by atoms with van der Waals surface area (Å²) in [4.78, 5) is 11.6. The zero-order chi connectivity index (χ0) is 13.3. The molecule has 1 aliphatic carbocycles. The summed E-state index contributed by atoms with van der Waals surface area (Å²) in [7, 11) is 0. The first-order valence-electron chi connectivity index (χ1n) is 6.21. The molecule has 18 heavy (non-hydrogen) atoms. The summed E-state index contributed by atoms with van der Waals surface area (Å²) < 4.78 is 0.959. The quantitative estimate of drug-likeness (QED) is 0.898. The van der Waals surface area contributed by atoms with Gasteiger partial charge in [-0.2, -0.15) is 0 Å². The zero-order valence-electron chi connectivity index (χ0n) is 10.7. The molecular formula is C14H19BrN2O. The van der Waals surface area contributed by atoms with E-state index in [4.69, 9.17) is 5.73 Å². The van der Waals surface area contributed by atoms with Gasteiger partial charge in [0.25, 0.3) is 0 Å². The Morgan fingerprint density at radius 3 is 2.72 bits per heavy atom. The van der Waals surface area contributed by atoms with Gasteiger partial charge in [0.1, 0.15) is 6.04 Å². The summed E-state index contributed by atoms with van der Waals surface area (Å²) in [6.07, 6.45) is 2.29. The topological polar surface area (TPSA) is 55.1 Å². The lowest BCUT2D eigenvalue weighted by Gasteiger charge is -2.46. The lowest BCUT2D eigenvalue weighted by atomic mass is 9.67. The zero-order valence-corrected chi connectivity index (χ0v) is 12.3. The van der Waals surface area contributed by atoms with E-state index in [2.05, 4.69) is 35.1 Å². The first kappa shape index (κ1) is 13.6. The Morgan fingerprint density at radius 2 is 2.28 bits per heavy atom. The van der Waals surface area contributed by atoms with Crippen molar-refractivity contribution in [1.29, 1.82) is 0 Å². The Hall–Kier alpha value is -0.870. The highest BCUT2D eigenvalue weighted by Gasteiger charge is 2.40. The van der Waals surface area contributed by atoms with Gasteiger partial charge in [0.15, 0.2) is 0 Å². The normalized spacial score (nSPS) is 23.2. The molecule has 0 heterocycles. The third-order valence-corrected chi connectivity index (χ3v) is 4.35. The van der Waals surface area contributed by atoms with Gasteiger partial charge in [-0.05, 0) is 36.0 Å². The third-order valence-electron chi connectivity index (χ3n) is 3.86. The van der Waals surface area contributed by atoms with E-state index in [-0.39, 0.29) is 11.3 Å². The van der Waals surface area contributed by atoms with Crippen molar-refractivity contribution in [1.82, 2.24) is 5.32 Å². The van der Waals surface area contributed by atoms with Crippen LogP contribution in [0.25, 0.3) is 0 Å². The van der Waals surface area contributed by atoms with Gasteiger partial charge in [-0.3, -0.25) is 10.1 Å². The molecule has 2 atom stereocenters. The van der Waals surface area contributed by atoms with Crippen molar-refractivity contribution in [3.63, 3.8) is 0 Å². The Morgan fingerprint density at radius 1 is 1.56 bits per heavy atom. The molecule has 0 saturated heterocycles. The molecule has 2 rings (SSSR count). The minimum absolute atomic E-state index is 0.250. The molecule has 0 aliphatic heterocycles. The summed E-state index contributed by atoms with van der Waals surface area (Å²) in [5, 5.41) is 3.39. The summed E-state index contributed by atoms with van der Waals surface area (Å²) >= 11 is 3.42. The molecular weight excluding hydrogens is 292 g/mol. The van der Waals surface area contributed by atoms with Crippen molar-refractivity contribution in [2.45, 2.75) is 38.8 Å². The molecule has 1 saturated carbocycles. The Balaban J connectivity index is 2.17. The van der Waals surface area contributed by atoms with E-state index in [9.17, 15) is 4.79 Å². The molecule has 3 nitrogen and oxygen atoms in total. The van der Waals surface area contributed by atoms with Crippen LogP contribution in [0.4, 0.5) is 0 Å². The second-order valence-electron chi connectivity index (χ2n) is 5.64. The van der Waals surface area contributed by atoms with E-state index in [0.29, 0.717) is 6.04 Å². The molecule has 0 radical (unpaired) electrons. The first-order chi connectivity index (χ1) is 8.40. The first-order valence-corrected chi connectivity index (χ1v) is 7.00. The molecule has 1 fully saturated rings. The largest absolute Gasteiger partial charge is 0.368 e. The van der Waals surface area contributed by atoms with Crippen LogP contribution in [0.15, 0.2) is 28.7 Å². The van der Waals surface area contributed by atoms with Gasteiger partial charge in [-0.1, -0.05) is 41.9 Å². The maximum atomic E-state index is 11.6. The fourth-order valence-corrected chi connectivity index (χ4v) is 2.82. The number of amides is 1. The number of carbonyl (C=O) groups is 1. The maximum absolute atomic E-state index is 11.6. The van der Waals surface area contributed by atoms with Crippen LogP contribution in [0.2, 0.25) is 0 Å². The summed E-state index contributed by atoms with van der Waals surface area (Å²) in [6.45, 7) is 4.43. The standard InChI is InChI=1S/C14H19BrN2O/c1-14(2)7-6-11(14)17-12(13(16)18)9-4-3-5-10(15)8-9/h3-5,8,11-12,17H,6-7H2,1-2H3,(H2,16,18). The predicted molar refractivity (Wildman–Crippen MR) is 76.0 cm³/mol. The number of primary amides is 1. The fraction of sp³-hybridized carbons (Fsp3) is 0.500. The maximum Gasteiger partial charge on any atom is 0.239 e. The molecule has 1 aliphatic rings. The monoisotopic (exact) mass is 310 g/mol. The van der Waals surface area contributed by atoms with Crippen molar-refractivity contribution in [3.05, 3.63) is 34.3 Å². The van der Waals surface area contributed by atoms with Crippen LogP contribution in [-0.4, -0.2) is 11.9 Å². The molecule has 1 amide bonds. The third kappa shape index (κ3) is 2.75. The van der Waals surface area contributed by atoms with Crippen LogP contribution >= 0.6 is 15.9 Å². The Labute approximate surface area is 116 Å². The number of carbonyl (C=O) groups excluding carboxylic acids is 1. The van der Waals surface area contributed by atoms with E-state index >= 15 is 0 Å². The summed E-state index contributed by atoms with van der Waals surface area (Å²) in [5.41, 5.74) is 6.68. The second-order valence-corrected chi connectivity index (χ2v) is 6.55. The number of hydrogen-bond acceptors (Lipinski definition) is 2. The van der Waals surface area contributed by atoms with Crippen molar-refractivity contribution < 1.29 is 4.79 Å². The molecule has 98 valence electrons. The lowest BCUT2D eigenvalue weighted by Crippen LogP contribution is -2.53. The molecule has 1 aromatic rings. The van der Waals surface area contributed by atoms with Crippen LogP contribution in [0, 0.1) is 5.41 Å². The van der Waals surface area contributed by atoms with Gasteiger partial charge in [0.05, 0.1) is 0 Å². The van der Waals surface area contributed by atoms with Gasteiger partial charge in [-0.15, -0.1) is 0 Å². The molecule has 2 unspecified atom stereocenters. The van der Waals surface area contributed by atoms with Gasteiger partial charge in [0.2, 0.25) is 5.91 Å². The van der Waals surface area contributed by atoms with Crippen LogP contribution < -0.4 is 11.1 Å². The fourth-order valence-electron chi connectivity index (χ4n) is 2.40. The van der Waals surface area contributed by atoms with Crippen molar-refractivity contribution in [2.75, 3.05) is 0 Å². The van der Waals surface area contributed by atoms with E-state index in [0.717, 1.165) is 16.5 Å². The van der Waals surface area contributed by atoms with Crippen LogP contribution in [0.3, 0.4) is 0 Å². The van der Waals surface area contributed by atoms with Gasteiger partial charge in [-0.25, -0.2) is 0 Å². The molecule has 0 bridgehead atoms. The van der Waals surface area contributed by atoms with Crippen LogP contribution in [0.1, 0.15) is 38.3 Å². The highest BCUT2D eigenvalue weighted by molar-refractivity contribution is 9.10. The molecule has 0 spiro atoms. The van der Waals surface area contributed by atoms with E-state index in [1.807, 2.05) is 24.3 Å². The second kappa shape index (κ2) is 5.02. The summed E-state index contributed by atoms with van der Waals surface area (Å²) in [5.74, 6) is -0.323. The van der Waals surface area contributed by atoms with E-state index < -0.39 is 6.04 Å². The number of benzene rings is 1. The highest BCUT2D eigenvalue weighted by Crippen LogP contribution is 2.41. The average molecular weight is 311 g/mol. The predicted octanol–water partition coefficient (Wildman–Crippen LogP) is 2.75. The minimum atomic E-state index is -0.410. The Bertz CT molecular complexity index is 459. The number of hydrogen-bond donors (Lipinski definition) is 2. The lowest BCUT2D eigenvalue weighted by molar-refractivity contribution is -0.121. The van der Waals surface area contributed by atoms with E-state index in [1.165, 1.54) is 6.42 Å². The molecule has 4 heteroatoms. The SMILES string of the molecule is CC1(C)CCC1NC(C(N)=O)c1cccc(Br)c1.